The van der Waals surface area contributed by atoms with Gasteiger partial charge in [-0.05, 0) is 48.0 Å². The Morgan fingerprint density at radius 1 is 1.00 bits per heavy atom. The van der Waals surface area contributed by atoms with E-state index in [-0.39, 0.29) is 34.1 Å². The van der Waals surface area contributed by atoms with Crippen molar-refractivity contribution in [3.8, 4) is 28.4 Å². The quantitative estimate of drug-likeness (QED) is 0.366. The summed E-state index contributed by atoms with van der Waals surface area (Å²) in [5.74, 6) is -0.575. The molecule has 2 aromatic carbocycles. The highest BCUT2D eigenvalue weighted by molar-refractivity contribution is 5.94. The third kappa shape index (κ3) is 5.27. The van der Waals surface area contributed by atoms with E-state index in [0.717, 1.165) is 4.68 Å². The lowest BCUT2D eigenvalue weighted by molar-refractivity contribution is -0.0498. The van der Waals surface area contributed by atoms with Gasteiger partial charge in [0.1, 0.15) is 16.8 Å². The minimum absolute atomic E-state index is 0.0291. The van der Waals surface area contributed by atoms with Crippen molar-refractivity contribution in [1.82, 2.24) is 20.1 Å². The van der Waals surface area contributed by atoms with Crippen molar-refractivity contribution >= 4 is 16.9 Å². The molecule has 0 aliphatic rings. The monoisotopic (exact) mass is 502 g/mol. The van der Waals surface area contributed by atoms with Gasteiger partial charge in [0.2, 0.25) is 5.88 Å². The molecule has 0 atom stereocenters. The number of hydrogen-bond donors (Lipinski definition) is 1. The molecule has 12 heteroatoms. The summed E-state index contributed by atoms with van der Waals surface area (Å²) in [6.07, 6.45) is -2.73. The van der Waals surface area contributed by atoms with Crippen molar-refractivity contribution in [2.75, 3.05) is 13.7 Å². The van der Waals surface area contributed by atoms with Crippen molar-refractivity contribution in [3.63, 3.8) is 0 Å². The van der Waals surface area contributed by atoms with Crippen LogP contribution in [0.25, 0.3) is 27.8 Å². The number of carbonyl (C=O) groups is 1. The van der Waals surface area contributed by atoms with Crippen molar-refractivity contribution in [2.24, 2.45) is 0 Å². The van der Waals surface area contributed by atoms with E-state index in [1.165, 1.54) is 67.7 Å². The number of halogens is 4. The van der Waals surface area contributed by atoms with Gasteiger partial charge in [-0.3, -0.25) is 9.59 Å². The van der Waals surface area contributed by atoms with E-state index >= 15 is 0 Å². The second-order valence-corrected chi connectivity index (χ2v) is 7.34. The highest BCUT2D eigenvalue weighted by atomic mass is 19.3. The summed E-state index contributed by atoms with van der Waals surface area (Å²) in [5.41, 5.74) is 0.699. The summed E-state index contributed by atoms with van der Waals surface area (Å²) in [6, 6.07) is 14.2. The van der Waals surface area contributed by atoms with Crippen LogP contribution in [0.3, 0.4) is 0 Å². The van der Waals surface area contributed by atoms with Crippen LogP contribution in [0.4, 0.5) is 17.6 Å². The minimum Gasteiger partial charge on any atom is -0.472 e. The van der Waals surface area contributed by atoms with Gasteiger partial charge in [-0.2, -0.15) is 18.6 Å². The number of carbonyl (C=O) groups excluding carboxylic acids is 1. The molecule has 0 radical (unpaired) electrons. The zero-order chi connectivity index (χ0) is 25.8. The highest BCUT2D eigenvalue weighted by Crippen LogP contribution is 2.28. The summed E-state index contributed by atoms with van der Waals surface area (Å²) < 4.78 is 60.7. The number of alkyl halides is 4. The first kappa shape index (κ1) is 24.6. The normalized spacial score (nSPS) is 11.2. The maximum atomic E-state index is 13.6. The van der Waals surface area contributed by atoms with Gasteiger partial charge in [0.15, 0.2) is 6.61 Å². The van der Waals surface area contributed by atoms with Gasteiger partial charge < -0.3 is 14.8 Å². The van der Waals surface area contributed by atoms with Crippen LogP contribution in [0.15, 0.2) is 65.5 Å². The van der Waals surface area contributed by atoms with Crippen LogP contribution in [-0.2, 0) is 0 Å². The maximum Gasteiger partial charge on any atom is 0.387 e. The van der Waals surface area contributed by atoms with Gasteiger partial charge in [-0.15, -0.1) is 0 Å². The third-order valence-corrected chi connectivity index (χ3v) is 5.03. The first-order chi connectivity index (χ1) is 17.3. The molecule has 8 nitrogen and oxygen atoms in total. The van der Waals surface area contributed by atoms with Gasteiger partial charge in [-0.1, -0.05) is 12.1 Å². The maximum absolute atomic E-state index is 13.6. The molecule has 36 heavy (non-hydrogen) atoms. The van der Waals surface area contributed by atoms with Crippen molar-refractivity contribution in [1.29, 1.82) is 0 Å². The van der Waals surface area contributed by atoms with Gasteiger partial charge in [-0.25, -0.2) is 13.8 Å². The predicted molar refractivity (Wildman–Crippen MR) is 122 cm³/mol. The zero-order valence-corrected chi connectivity index (χ0v) is 18.6. The Morgan fingerprint density at radius 3 is 2.31 bits per heavy atom. The Labute approximate surface area is 201 Å². The SMILES string of the molecule is CNC(=O)c1ccc(-n2nc3ccc(OCC(F)F)nc3c(-c3ccc(OC(F)F)cc3)c2=O)cc1. The van der Waals surface area contributed by atoms with Crippen LogP contribution in [0.5, 0.6) is 11.6 Å². The molecule has 0 saturated carbocycles. The van der Waals surface area contributed by atoms with E-state index in [9.17, 15) is 27.2 Å². The fourth-order valence-electron chi connectivity index (χ4n) is 3.42. The summed E-state index contributed by atoms with van der Waals surface area (Å²) in [6.45, 7) is -3.92. The van der Waals surface area contributed by atoms with Crippen LogP contribution < -0.4 is 20.3 Å². The van der Waals surface area contributed by atoms with E-state index in [2.05, 4.69) is 20.1 Å². The molecule has 1 N–H and O–H groups in total. The molecule has 4 rings (SSSR count). The number of ether oxygens (including phenoxy) is 2. The van der Waals surface area contributed by atoms with Crippen LogP contribution >= 0.6 is 0 Å². The summed E-state index contributed by atoms with van der Waals surface area (Å²) in [5, 5.41) is 6.83. The number of amides is 1. The number of hydrogen-bond acceptors (Lipinski definition) is 6. The standard InChI is InChI=1S/C24H18F4N4O4/c1-29-22(33)14-2-6-15(7-3-14)32-23(34)20(13-4-8-16(9-5-13)36-24(27)28)21-17(31-32)10-11-19(30-21)35-12-18(25)26/h2-11,18,24H,12H2,1H3,(H,29,33). The lowest BCUT2D eigenvalue weighted by atomic mass is 10.1. The first-order valence-electron chi connectivity index (χ1n) is 10.5. The molecule has 0 bridgehead atoms. The average Bonchev–Trinajstić information content (AvgIpc) is 2.87. The summed E-state index contributed by atoms with van der Waals surface area (Å²) >= 11 is 0. The lowest BCUT2D eigenvalue weighted by Crippen LogP contribution is -2.24. The Hall–Kier alpha value is -4.48. The van der Waals surface area contributed by atoms with Crippen LogP contribution in [0.1, 0.15) is 10.4 Å². The third-order valence-electron chi connectivity index (χ3n) is 5.03. The second kappa shape index (κ2) is 10.4. The van der Waals surface area contributed by atoms with E-state index in [1.807, 2.05) is 0 Å². The van der Waals surface area contributed by atoms with Gasteiger partial charge in [0.25, 0.3) is 17.9 Å². The number of nitrogens with one attached hydrogen (secondary N) is 1. The van der Waals surface area contributed by atoms with Gasteiger partial charge in [0.05, 0.1) is 11.3 Å². The van der Waals surface area contributed by atoms with Gasteiger partial charge in [0, 0.05) is 18.7 Å². The smallest absolute Gasteiger partial charge is 0.387 e. The van der Waals surface area contributed by atoms with Crippen LogP contribution in [-0.4, -0.2) is 47.4 Å². The Balaban J connectivity index is 1.88. The molecule has 4 aromatic rings. The molecule has 2 heterocycles. The fourth-order valence-corrected chi connectivity index (χ4v) is 3.42. The fraction of sp³-hybridized carbons (Fsp3) is 0.167. The first-order valence-corrected chi connectivity index (χ1v) is 10.5. The highest BCUT2D eigenvalue weighted by Gasteiger charge is 2.18. The molecule has 2 aromatic heterocycles. The molecule has 0 fully saturated rings. The topological polar surface area (TPSA) is 95.3 Å². The average molecular weight is 502 g/mol. The number of nitrogens with zero attached hydrogens (tertiary/aromatic N) is 3. The van der Waals surface area contributed by atoms with Crippen molar-refractivity contribution in [3.05, 3.63) is 76.6 Å². The second-order valence-electron chi connectivity index (χ2n) is 7.34. The largest absolute Gasteiger partial charge is 0.472 e. The Bertz CT molecular complexity index is 1440. The molecular formula is C24H18F4N4O4. The summed E-state index contributed by atoms with van der Waals surface area (Å²) in [4.78, 5) is 29.6. The molecule has 186 valence electrons. The molecule has 0 spiro atoms. The number of aromatic nitrogens is 3. The van der Waals surface area contributed by atoms with E-state index < -0.39 is 25.2 Å². The Morgan fingerprint density at radius 2 is 1.69 bits per heavy atom. The van der Waals surface area contributed by atoms with E-state index in [0.29, 0.717) is 16.8 Å². The molecule has 0 aliphatic carbocycles. The van der Waals surface area contributed by atoms with E-state index in [1.54, 1.807) is 0 Å². The predicted octanol–water partition coefficient (Wildman–Crippen LogP) is 4.05. The Kier molecular flexibility index (Phi) is 7.13. The molecule has 0 aliphatic heterocycles. The van der Waals surface area contributed by atoms with Crippen molar-refractivity contribution in [2.45, 2.75) is 13.0 Å². The number of pyridine rings is 1. The van der Waals surface area contributed by atoms with E-state index in [4.69, 9.17) is 4.74 Å². The van der Waals surface area contributed by atoms with Crippen molar-refractivity contribution < 1.29 is 31.8 Å². The van der Waals surface area contributed by atoms with Crippen LogP contribution in [0.2, 0.25) is 0 Å². The molecule has 0 unspecified atom stereocenters. The molecular weight excluding hydrogens is 484 g/mol. The molecule has 0 saturated heterocycles. The molecule has 1 amide bonds. The van der Waals surface area contributed by atoms with Crippen LogP contribution in [0, 0.1) is 0 Å². The lowest BCUT2D eigenvalue weighted by Gasteiger charge is -2.13. The number of rotatable bonds is 8. The van der Waals surface area contributed by atoms with Gasteiger partial charge >= 0.3 is 6.61 Å². The summed E-state index contributed by atoms with van der Waals surface area (Å²) in [7, 11) is 1.49. The minimum atomic E-state index is -3.02. The number of benzene rings is 2. The zero-order valence-electron chi connectivity index (χ0n) is 18.6. The number of fused-ring (bicyclic) bond motifs is 1.